The topological polar surface area (TPSA) is 93.0 Å². The Balaban J connectivity index is 1.41. The first kappa shape index (κ1) is 23.9. The van der Waals surface area contributed by atoms with Crippen LogP contribution in [-0.2, 0) is 7.05 Å². The second-order valence-corrected chi connectivity index (χ2v) is 9.59. The Morgan fingerprint density at radius 1 is 1.08 bits per heavy atom. The van der Waals surface area contributed by atoms with Crippen molar-refractivity contribution >= 4 is 34.4 Å². The van der Waals surface area contributed by atoms with Crippen LogP contribution in [0.25, 0.3) is 11.0 Å². The molecule has 0 unspecified atom stereocenters. The van der Waals surface area contributed by atoms with Crippen LogP contribution in [0.5, 0.6) is 0 Å². The van der Waals surface area contributed by atoms with Crippen LogP contribution in [0.1, 0.15) is 49.9 Å². The predicted octanol–water partition coefficient (Wildman–Crippen LogP) is 4.06. The third-order valence-corrected chi connectivity index (χ3v) is 7.27. The smallest absolute Gasteiger partial charge is 0.256 e. The highest BCUT2D eigenvalue weighted by atomic mass is 35.5. The van der Waals surface area contributed by atoms with Crippen molar-refractivity contribution in [1.82, 2.24) is 30.0 Å². The zero-order valence-electron chi connectivity index (χ0n) is 20.4. The molecule has 9 heteroatoms. The van der Waals surface area contributed by atoms with E-state index in [1.807, 2.05) is 48.2 Å². The average Bonchev–Trinajstić information content (AvgIpc) is 3.15. The fourth-order valence-electron chi connectivity index (χ4n) is 5.03. The lowest BCUT2D eigenvalue weighted by Gasteiger charge is -2.39. The number of nitrogens with one attached hydrogen (secondary N) is 1. The zero-order valence-corrected chi connectivity index (χ0v) is 21.2. The molecule has 0 saturated carbocycles. The van der Waals surface area contributed by atoms with Crippen molar-refractivity contribution in [3.05, 3.63) is 88.0 Å². The molecule has 0 bridgehead atoms. The maximum atomic E-state index is 13.6. The number of hydrogen-bond acceptors (Lipinski definition) is 5. The SMILES string of the molecule is Cc1nn(C)c(Cl)c1C(=O)N[C@@H]1CCN(C(=O)c2cc(C)c3nccnc3c2)C[C@@H]1c1ccccc1. The molecule has 0 aliphatic carbocycles. The molecule has 1 N–H and O–H groups in total. The van der Waals surface area contributed by atoms with Gasteiger partial charge in [-0.2, -0.15) is 5.10 Å². The minimum atomic E-state index is -0.250. The molecular formula is C27H27ClN6O2. The fraction of sp³-hybridized carbons (Fsp3) is 0.296. The summed E-state index contributed by atoms with van der Waals surface area (Å²) in [5.41, 5.74) is 5.03. The number of carbonyl (C=O) groups is 2. The van der Waals surface area contributed by atoms with Gasteiger partial charge in [-0.1, -0.05) is 41.9 Å². The van der Waals surface area contributed by atoms with Gasteiger partial charge in [0.2, 0.25) is 0 Å². The summed E-state index contributed by atoms with van der Waals surface area (Å²) in [5.74, 6) is -0.382. The number of piperidine rings is 1. The number of likely N-dealkylation sites (tertiary alicyclic amines) is 1. The van der Waals surface area contributed by atoms with Gasteiger partial charge < -0.3 is 10.2 Å². The summed E-state index contributed by atoms with van der Waals surface area (Å²) in [6.07, 6.45) is 3.90. The molecule has 184 valence electrons. The molecule has 0 spiro atoms. The van der Waals surface area contributed by atoms with Crippen LogP contribution >= 0.6 is 11.6 Å². The van der Waals surface area contributed by atoms with Crippen LogP contribution in [0.4, 0.5) is 0 Å². The number of aryl methyl sites for hydroxylation is 3. The first-order chi connectivity index (χ1) is 17.3. The van der Waals surface area contributed by atoms with Crippen molar-refractivity contribution in [2.75, 3.05) is 13.1 Å². The summed E-state index contributed by atoms with van der Waals surface area (Å²) in [6, 6.07) is 13.5. The zero-order chi connectivity index (χ0) is 25.4. The number of amides is 2. The number of fused-ring (bicyclic) bond motifs is 1. The number of rotatable bonds is 4. The van der Waals surface area contributed by atoms with Crippen LogP contribution in [0.15, 0.2) is 54.9 Å². The summed E-state index contributed by atoms with van der Waals surface area (Å²) in [4.78, 5) is 37.4. The molecule has 0 radical (unpaired) electrons. The quantitative estimate of drug-likeness (QED) is 0.454. The summed E-state index contributed by atoms with van der Waals surface area (Å²) in [7, 11) is 1.71. The molecule has 3 heterocycles. The Bertz CT molecular complexity index is 1450. The molecule has 2 atom stereocenters. The van der Waals surface area contributed by atoms with E-state index >= 15 is 0 Å². The third kappa shape index (κ3) is 4.44. The van der Waals surface area contributed by atoms with Crippen LogP contribution < -0.4 is 5.32 Å². The molecule has 2 aromatic heterocycles. The molecule has 1 aliphatic heterocycles. The van der Waals surface area contributed by atoms with Crippen LogP contribution in [0.2, 0.25) is 5.15 Å². The molecule has 2 aromatic carbocycles. The molecule has 36 heavy (non-hydrogen) atoms. The fourth-order valence-corrected chi connectivity index (χ4v) is 5.29. The summed E-state index contributed by atoms with van der Waals surface area (Å²) < 4.78 is 1.50. The monoisotopic (exact) mass is 502 g/mol. The van der Waals surface area contributed by atoms with Gasteiger partial charge in [-0.15, -0.1) is 0 Å². The Labute approximate surface area is 214 Å². The Morgan fingerprint density at radius 2 is 1.83 bits per heavy atom. The second kappa shape index (κ2) is 9.70. The first-order valence-corrected chi connectivity index (χ1v) is 12.3. The average molecular weight is 503 g/mol. The number of benzene rings is 2. The second-order valence-electron chi connectivity index (χ2n) is 9.23. The number of aromatic nitrogens is 4. The van der Waals surface area contributed by atoms with Gasteiger partial charge in [0.15, 0.2) is 0 Å². The summed E-state index contributed by atoms with van der Waals surface area (Å²) in [5, 5.41) is 7.75. The molecule has 5 rings (SSSR count). The van der Waals surface area contributed by atoms with E-state index in [9.17, 15) is 9.59 Å². The van der Waals surface area contributed by atoms with Crippen molar-refractivity contribution in [1.29, 1.82) is 0 Å². The maximum Gasteiger partial charge on any atom is 0.256 e. The highest BCUT2D eigenvalue weighted by Crippen LogP contribution is 2.30. The van der Waals surface area contributed by atoms with Crippen molar-refractivity contribution < 1.29 is 9.59 Å². The molecule has 2 amide bonds. The molecule has 4 aromatic rings. The van der Waals surface area contributed by atoms with E-state index in [0.29, 0.717) is 47.0 Å². The van der Waals surface area contributed by atoms with Gasteiger partial charge in [-0.05, 0) is 43.5 Å². The summed E-state index contributed by atoms with van der Waals surface area (Å²) >= 11 is 6.34. The third-order valence-electron chi connectivity index (χ3n) is 6.83. The minimum Gasteiger partial charge on any atom is -0.348 e. The van der Waals surface area contributed by atoms with Gasteiger partial charge in [-0.3, -0.25) is 24.2 Å². The number of nitrogens with zero attached hydrogens (tertiary/aromatic N) is 5. The van der Waals surface area contributed by atoms with Crippen LogP contribution in [0.3, 0.4) is 0 Å². The lowest BCUT2D eigenvalue weighted by Crippen LogP contribution is -2.51. The van der Waals surface area contributed by atoms with E-state index in [4.69, 9.17) is 11.6 Å². The van der Waals surface area contributed by atoms with Crippen molar-refractivity contribution in [2.45, 2.75) is 32.2 Å². The first-order valence-electron chi connectivity index (χ1n) is 11.9. The number of hydrogen-bond donors (Lipinski definition) is 1. The molecule has 8 nitrogen and oxygen atoms in total. The standard InChI is InChI=1S/C27H27ClN6O2/c1-16-13-19(14-22-24(16)30-11-10-29-22)27(36)34-12-9-21(20(15-34)18-7-5-4-6-8-18)31-26(35)23-17(2)32-33(3)25(23)28/h4-8,10-11,13-14,20-21H,9,12,15H2,1-3H3,(H,31,35)/t20-,21-/m1/s1. The predicted molar refractivity (Wildman–Crippen MR) is 138 cm³/mol. The number of carbonyl (C=O) groups excluding carboxylic acids is 2. The van der Waals surface area contributed by atoms with E-state index in [1.54, 1.807) is 32.4 Å². The Morgan fingerprint density at radius 3 is 2.56 bits per heavy atom. The molecule has 1 fully saturated rings. The van der Waals surface area contributed by atoms with Crippen molar-refractivity contribution in [3.63, 3.8) is 0 Å². The van der Waals surface area contributed by atoms with E-state index < -0.39 is 0 Å². The lowest BCUT2D eigenvalue weighted by molar-refractivity contribution is 0.0671. The van der Waals surface area contributed by atoms with E-state index in [1.165, 1.54) is 4.68 Å². The van der Waals surface area contributed by atoms with Gasteiger partial charge in [0, 0.05) is 50.1 Å². The highest BCUT2D eigenvalue weighted by Gasteiger charge is 2.35. The van der Waals surface area contributed by atoms with Gasteiger partial charge in [0.1, 0.15) is 5.15 Å². The van der Waals surface area contributed by atoms with E-state index in [0.717, 1.165) is 16.6 Å². The Hall–Kier alpha value is -3.78. The normalized spacial score (nSPS) is 17.8. The van der Waals surface area contributed by atoms with Gasteiger partial charge >= 0.3 is 0 Å². The van der Waals surface area contributed by atoms with Gasteiger partial charge in [0.05, 0.1) is 22.3 Å². The highest BCUT2D eigenvalue weighted by molar-refractivity contribution is 6.33. The van der Waals surface area contributed by atoms with Gasteiger partial charge in [0.25, 0.3) is 11.8 Å². The molecular weight excluding hydrogens is 476 g/mol. The van der Waals surface area contributed by atoms with Crippen LogP contribution in [-0.4, -0.2) is 55.6 Å². The minimum absolute atomic E-state index is 0.0532. The maximum absolute atomic E-state index is 13.6. The van der Waals surface area contributed by atoms with E-state index in [2.05, 4.69) is 20.4 Å². The number of halogens is 1. The van der Waals surface area contributed by atoms with Crippen LogP contribution in [0, 0.1) is 13.8 Å². The lowest BCUT2D eigenvalue weighted by atomic mass is 9.85. The summed E-state index contributed by atoms with van der Waals surface area (Å²) in [6.45, 7) is 4.70. The molecule has 1 saturated heterocycles. The van der Waals surface area contributed by atoms with E-state index in [-0.39, 0.29) is 23.8 Å². The van der Waals surface area contributed by atoms with Crippen molar-refractivity contribution in [3.8, 4) is 0 Å². The largest absolute Gasteiger partial charge is 0.348 e. The van der Waals surface area contributed by atoms with Crippen molar-refractivity contribution in [2.24, 2.45) is 7.05 Å². The van der Waals surface area contributed by atoms with Gasteiger partial charge in [-0.25, -0.2) is 0 Å². The molecule has 1 aliphatic rings. The Kier molecular flexibility index (Phi) is 6.45.